The molecule has 2 amide bonds. The molecule has 0 aliphatic rings. The van der Waals surface area contributed by atoms with Gasteiger partial charge in [0.25, 0.3) is 0 Å². The molecular weight excluding hydrogens is 352 g/mol. The zero-order valence-corrected chi connectivity index (χ0v) is 16.0. The first-order valence-corrected chi connectivity index (χ1v) is 9.21. The van der Waals surface area contributed by atoms with Crippen LogP contribution < -0.4 is 0 Å². The maximum absolute atomic E-state index is 12.9. The van der Waals surface area contributed by atoms with Crippen LogP contribution >= 0.6 is 11.6 Å². The molecule has 6 heteroatoms. The van der Waals surface area contributed by atoms with E-state index < -0.39 is 5.38 Å². The van der Waals surface area contributed by atoms with Crippen LogP contribution in [-0.2, 0) is 22.7 Å². The summed E-state index contributed by atoms with van der Waals surface area (Å²) in [7, 11) is 0. The summed E-state index contributed by atoms with van der Waals surface area (Å²) in [5.74, 6) is 0.345. The molecule has 2 aromatic rings. The molecule has 1 aromatic heterocycles. The molecule has 0 aliphatic carbocycles. The highest BCUT2D eigenvalue weighted by Crippen LogP contribution is 2.12. The third-order valence-corrected chi connectivity index (χ3v) is 4.15. The Labute approximate surface area is 159 Å². The molecule has 2 rings (SSSR count). The van der Waals surface area contributed by atoms with Gasteiger partial charge in [0.05, 0.1) is 19.4 Å². The zero-order valence-electron chi connectivity index (χ0n) is 15.2. The van der Waals surface area contributed by atoms with Crippen molar-refractivity contribution in [3.8, 4) is 0 Å². The van der Waals surface area contributed by atoms with Crippen LogP contribution in [0.15, 0.2) is 53.1 Å². The summed E-state index contributed by atoms with van der Waals surface area (Å²) in [6.07, 6.45) is 2.35. The molecule has 140 valence electrons. The van der Waals surface area contributed by atoms with Crippen LogP contribution in [0.4, 0.5) is 0 Å². The summed E-state index contributed by atoms with van der Waals surface area (Å²) in [5, 5.41) is -0.651. The quantitative estimate of drug-likeness (QED) is 0.627. The Morgan fingerprint density at radius 1 is 1.08 bits per heavy atom. The van der Waals surface area contributed by atoms with Gasteiger partial charge in [-0.2, -0.15) is 0 Å². The van der Waals surface area contributed by atoms with Crippen molar-refractivity contribution < 1.29 is 14.0 Å². The minimum Gasteiger partial charge on any atom is -0.467 e. The topological polar surface area (TPSA) is 53.8 Å². The van der Waals surface area contributed by atoms with Gasteiger partial charge in [0.1, 0.15) is 11.1 Å². The number of rotatable bonds is 9. The van der Waals surface area contributed by atoms with Crippen LogP contribution in [0.1, 0.15) is 31.6 Å². The number of furan rings is 1. The predicted molar refractivity (Wildman–Crippen MR) is 102 cm³/mol. The van der Waals surface area contributed by atoms with Crippen molar-refractivity contribution in [2.24, 2.45) is 0 Å². The summed E-state index contributed by atoms with van der Waals surface area (Å²) in [6.45, 7) is 4.91. The summed E-state index contributed by atoms with van der Waals surface area (Å²) in [5.41, 5.74) is 1.02. The Morgan fingerprint density at radius 3 is 2.38 bits per heavy atom. The number of benzene rings is 1. The van der Waals surface area contributed by atoms with E-state index in [1.807, 2.05) is 43.3 Å². The Hall–Kier alpha value is -2.27. The van der Waals surface area contributed by atoms with Crippen molar-refractivity contribution in [3.05, 3.63) is 60.1 Å². The molecule has 1 heterocycles. The Bertz CT molecular complexity index is 686. The highest BCUT2D eigenvalue weighted by molar-refractivity contribution is 6.30. The van der Waals surface area contributed by atoms with Gasteiger partial charge in [-0.15, -0.1) is 11.6 Å². The van der Waals surface area contributed by atoms with Crippen molar-refractivity contribution in [3.63, 3.8) is 0 Å². The number of halogens is 1. The molecule has 0 bridgehead atoms. The molecule has 5 nitrogen and oxygen atoms in total. The van der Waals surface area contributed by atoms with E-state index in [4.69, 9.17) is 16.0 Å². The van der Waals surface area contributed by atoms with Gasteiger partial charge in [-0.05, 0) is 31.0 Å². The van der Waals surface area contributed by atoms with E-state index in [2.05, 4.69) is 0 Å². The molecular formula is C20H25ClN2O3. The second kappa shape index (κ2) is 10.0. The summed E-state index contributed by atoms with van der Waals surface area (Å²) >= 11 is 5.94. The molecule has 1 atom stereocenters. The number of carbonyl (C=O) groups excluding carboxylic acids is 2. The van der Waals surface area contributed by atoms with Gasteiger partial charge >= 0.3 is 0 Å². The highest BCUT2D eigenvalue weighted by Gasteiger charge is 2.24. The first-order chi connectivity index (χ1) is 12.5. The first kappa shape index (κ1) is 20.0. The van der Waals surface area contributed by atoms with Crippen molar-refractivity contribution >= 4 is 23.4 Å². The SMILES string of the molecule is CCCN(CC(=O)N(Cc1ccccc1)Cc1ccco1)C(=O)C(C)Cl. The van der Waals surface area contributed by atoms with Gasteiger partial charge < -0.3 is 14.2 Å². The average Bonchev–Trinajstić information content (AvgIpc) is 3.14. The average molecular weight is 377 g/mol. The van der Waals surface area contributed by atoms with Crippen LogP contribution in [0.25, 0.3) is 0 Å². The molecule has 0 fully saturated rings. The molecule has 0 radical (unpaired) electrons. The fraction of sp³-hybridized carbons (Fsp3) is 0.400. The molecule has 0 spiro atoms. The number of amides is 2. The lowest BCUT2D eigenvalue weighted by Gasteiger charge is -2.28. The van der Waals surface area contributed by atoms with E-state index in [9.17, 15) is 9.59 Å². The first-order valence-electron chi connectivity index (χ1n) is 8.78. The van der Waals surface area contributed by atoms with Crippen LogP contribution in [-0.4, -0.2) is 40.1 Å². The van der Waals surface area contributed by atoms with E-state index in [0.717, 1.165) is 12.0 Å². The van der Waals surface area contributed by atoms with E-state index in [0.29, 0.717) is 25.4 Å². The Morgan fingerprint density at radius 2 is 1.81 bits per heavy atom. The second-order valence-corrected chi connectivity index (χ2v) is 6.85. The number of hydrogen-bond acceptors (Lipinski definition) is 3. The van der Waals surface area contributed by atoms with Gasteiger partial charge in [0, 0.05) is 13.1 Å². The Kier molecular flexibility index (Phi) is 7.73. The maximum Gasteiger partial charge on any atom is 0.242 e. The number of hydrogen-bond donors (Lipinski definition) is 0. The fourth-order valence-corrected chi connectivity index (χ4v) is 2.82. The van der Waals surface area contributed by atoms with Crippen molar-refractivity contribution in [1.82, 2.24) is 9.80 Å². The van der Waals surface area contributed by atoms with E-state index in [1.165, 1.54) is 4.90 Å². The molecule has 1 unspecified atom stereocenters. The molecule has 0 saturated carbocycles. The fourth-order valence-electron chi connectivity index (χ4n) is 2.68. The smallest absolute Gasteiger partial charge is 0.242 e. The van der Waals surface area contributed by atoms with Gasteiger partial charge in [0.15, 0.2) is 0 Å². The molecule has 0 N–H and O–H groups in total. The van der Waals surface area contributed by atoms with Gasteiger partial charge in [-0.3, -0.25) is 9.59 Å². The van der Waals surface area contributed by atoms with E-state index >= 15 is 0 Å². The van der Waals surface area contributed by atoms with Crippen LogP contribution in [0.5, 0.6) is 0 Å². The van der Waals surface area contributed by atoms with Crippen LogP contribution in [0, 0.1) is 0 Å². The number of alkyl halides is 1. The van der Waals surface area contributed by atoms with Crippen molar-refractivity contribution in [2.75, 3.05) is 13.1 Å². The van der Waals surface area contributed by atoms with Gasteiger partial charge in [-0.25, -0.2) is 0 Å². The predicted octanol–water partition coefficient (Wildman–Crippen LogP) is 3.67. The maximum atomic E-state index is 12.9. The van der Waals surface area contributed by atoms with Crippen LogP contribution in [0.2, 0.25) is 0 Å². The summed E-state index contributed by atoms with van der Waals surface area (Å²) < 4.78 is 5.39. The minimum atomic E-state index is -0.651. The minimum absolute atomic E-state index is 0.0112. The standard InChI is InChI=1S/C20H25ClN2O3/c1-3-11-22(20(25)16(2)21)15-19(24)23(14-18-10-7-12-26-18)13-17-8-5-4-6-9-17/h4-10,12,16H,3,11,13-15H2,1-2H3. The highest BCUT2D eigenvalue weighted by atomic mass is 35.5. The zero-order chi connectivity index (χ0) is 18.9. The third-order valence-electron chi connectivity index (χ3n) is 3.97. The van der Waals surface area contributed by atoms with Crippen molar-refractivity contribution in [2.45, 2.75) is 38.7 Å². The lowest BCUT2D eigenvalue weighted by atomic mass is 10.2. The molecule has 0 aliphatic heterocycles. The molecule has 1 aromatic carbocycles. The van der Waals surface area contributed by atoms with Crippen molar-refractivity contribution in [1.29, 1.82) is 0 Å². The summed E-state index contributed by atoms with van der Waals surface area (Å²) in [6, 6.07) is 13.4. The largest absolute Gasteiger partial charge is 0.467 e. The molecule has 0 saturated heterocycles. The van der Waals surface area contributed by atoms with Crippen LogP contribution in [0.3, 0.4) is 0 Å². The monoisotopic (exact) mass is 376 g/mol. The third kappa shape index (κ3) is 5.92. The van der Waals surface area contributed by atoms with Gasteiger partial charge in [0.2, 0.25) is 11.8 Å². The number of nitrogens with zero attached hydrogens (tertiary/aromatic N) is 2. The molecule has 26 heavy (non-hydrogen) atoms. The lowest BCUT2D eigenvalue weighted by Crippen LogP contribution is -2.44. The number of carbonyl (C=O) groups is 2. The van der Waals surface area contributed by atoms with Gasteiger partial charge in [-0.1, -0.05) is 37.3 Å². The lowest BCUT2D eigenvalue weighted by molar-refractivity contribution is -0.141. The van der Waals surface area contributed by atoms with E-state index in [1.54, 1.807) is 24.2 Å². The van der Waals surface area contributed by atoms with E-state index in [-0.39, 0.29) is 18.4 Å². The normalized spacial score (nSPS) is 11.8. The second-order valence-electron chi connectivity index (χ2n) is 6.19. The Balaban J connectivity index is 2.13. The summed E-state index contributed by atoms with van der Waals surface area (Å²) in [4.78, 5) is 28.4.